The molecule has 60 heavy (non-hydrogen) atoms. The van der Waals surface area contributed by atoms with Crippen LogP contribution in [0.5, 0.6) is 11.5 Å². The molecule has 18 heteroatoms. The summed E-state index contributed by atoms with van der Waals surface area (Å²) in [5.74, 6) is -2.35. The van der Waals surface area contributed by atoms with E-state index in [4.69, 9.17) is 24.2 Å². The average Bonchev–Trinajstić information content (AvgIpc) is 4.10. The van der Waals surface area contributed by atoms with Crippen LogP contribution in [-0.4, -0.2) is 121 Å². The van der Waals surface area contributed by atoms with Crippen molar-refractivity contribution in [1.82, 2.24) is 29.8 Å². The van der Waals surface area contributed by atoms with Gasteiger partial charge in [0.25, 0.3) is 5.91 Å². The molecule has 2 saturated carbocycles. The number of hydrogen-bond donors (Lipinski definition) is 3. The van der Waals surface area contributed by atoms with E-state index in [1.807, 2.05) is 46.1 Å². The van der Waals surface area contributed by atoms with E-state index in [2.05, 4.69) is 21.9 Å². The summed E-state index contributed by atoms with van der Waals surface area (Å²) in [6, 6.07) is 6.27. The lowest BCUT2D eigenvalue weighted by atomic mass is 9.77. The van der Waals surface area contributed by atoms with Crippen molar-refractivity contribution in [3.63, 3.8) is 0 Å². The van der Waals surface area contributed by atoms with E-state index < -0.39 is 67.9 Å². The van der Waals surface area contributed by atoms with E-state index in [-0.39, 0.29) is 37.8 Å². The van der Waals surface area contributed by atoms with Gasteiger partial charge in [0.1, 0.15) is 34.9 Å². The molecule has 16 nitrogen and oxygen atoms in total. The smallest absolute Gasteiger partial charge is 0.259 e. The summed E-state index contributed by atoms with van der Waals surface area (Å²) in [5, 5.41) is 8.84. The first kappa shape index (κ1) is 43.3. The van der Waals surface area contributed by atoms with Gasteiger partial charge in [-0.3, -0.25) is 23.9 Å². The van der Waals surface area contributed by atoms with E-state index in [0.717, 1.165) is 5.13 Å². The van der Waals surface area contributed by atoms with Crippen LogP contribution in [0.2, 0.25) is 0 Å². The number of nitrogens with one attached hydrogen (secondary N) is 3. The maximum absolute atomic E-state index is 14.9. The normalized spacial score (nSPS) is 23.6. The molecule has 324 valence electrons. The number of hydrogen-bond acceptors (Lipinski definition) is 13. The van der Waals surface area contributed by atoms with Crippen molar-refractivity contribution in [2.75, 3.05) is 45.3 Å². The number of sulfonamides is 1. The van der Waals surface area contributed by atoms with Crippen molar-refractivity contribution in [2.45, 2.75) is 95.7 Å². The second-order valence-corrected chi connectivity index (χ2v) is 20.3. The zero-order chi connectivity index (χ0) is 43.1. The number of likely N-dealkylation sites (tertiary alicyclic amines) is 1. The molecule has 2 saturated heterocycles. The molecule has 7 rings (SSSR count). The van der Waals surface area contributed by atoms with Crippen LogP contribution in [0, 0.1) is 17.3 Å². The number of anilines is 1. The number of thiazole rings is 1. The average molecular weight is 866 g/mol. The van der Waals surface area contributed by atoms with Crippen molar-refractivity contribution >= 4 is 61.0 Å². The van der Waals surface area contributed by atoms with E-state index >= 15 is 0 Å². The molecule has 4 fully saturated rings. The number of morpholine rings is 1. The predicted octanol–water partition coefficient (Wildman–Crippen LogP) is 4.12. The highest BCUT2D eigenvalue weighted by atomic mass is 32.2. The fourth-order valence-corrected chi connectivity index (χ4v) is 10.1. The van der Waals surface area contributed by atoms with Crippen molar-refractivity contribution in [2.24, 2.45) is 17.3 Å². The van der Waals surface area contributed by atoms with Gasteiger partial charge in [0, 0.05) is 60.8 Å². The van der Waals surface area contributed by atoms with Gasteiger partial charge < -0.3 is 34.6 Å². The molecule has 0 bridgehead atoms. The maximum atomic E-state index is 14.9. The Bertz CT molecular complexity index is 2270. The first-order chi connectivity index (χ1) is 28.4. The number of rotatable bonds is 15. The van der Waals surface area contributed by atoms with Crippen LogP contribution in [-0.2, 0) is 33.9 Å². The third-order valence-corrected chi connectivity index (χ3v) is 14.2. The Morgan fingerprint density at radius 3 is 2.47 bits per heavy atom. The van der Waals surface area contributed by atoms with E-state index in [0.29, 0.717) is 72.9 Å². The Hall–Kier alpha value is -4.81. The minimum Gasteiger partial charge on any atom is -0.497 e. The third kappa shape index (κ3) is 9.24. The van der Waals surface area contributed by atoms with Gasteiger partial charge in [-0.15, -0.1) is 17.9 Å². The quantitative estimate of drug-likeness (QED) is 0.185. The number of pyridine rings is 1. The Morgan fingerprint density at radius 1 is 1.10 bits per heavy atom. The van der Waals surface area contributed by atoms with Crippen molar-refractivity contribution in [1.29, 1.82) is 0 Å². The maximum Gasteiger partial charge on any atom is 0.259 e. The van der Waals surface area contributed by atoms with E-state index in [1.54, 1.807) is 30.2 Å². The molecule has 1 aromatic carbocycles. The summed E-state index contributed by atoms with van der Waals surface area (Å²) < 4.78 is 45.6. The van der Waals surface area contributed by atoms with Crippen LogP contribution in [0.4, 0.5) is 5.13 Å². The second-order valence-electron chi connectivity index (χ2n) is 17.5. The molecule has 2 aliphatic heterocycles. The summed E-state index contributed by atoms with van der Waals surface area (Å²) in [6.07, 6.45) is 1.82. The fraction of sp³-hybridized carbons (Fsp3) is 0.571. The van der Waals surface area contributed by atoms with Crippen molar-refractivity contribution < 1.29 is 41.8 Å². The van der Waals surface area contributed by atoms with Gasteiger partial charge in [0.05, 0.1) is 49.2 Å². The highest BCUT2D eigenvalue weighted by molar-refractivity contribution is 7.91. The SMILES string of the molecule is C=C[C@@H]1C[C@]1(NC(=O)[C@@H]1C[C@@H](Oc2cc(-c3csc(NC(C)C)n3)nc3cc(OC)ccc23)CN1C(=O)C(CC(=O)N1CCOCC1)C(C)(C)C)C(=O)NS(=O)(=O)C1CC1. The van der Waals surface area contributed by atoms with Crippen LogP contribution < -0.4 is 24.8 Å². The number of nitrogens with zero attached hydrogens (tertiary/aromatic N) is 4. The zero-order valence-electron chi connectivity index (χ0n) is 35.0. The molecule has 0 radical (unpaired) electrons. The van der Waals surface area contributed by atoms with Gasteiger partial charge in [-0.2, -0.15) is 0 Å². The lowest BCUT2D eigenvalue weighted by Crippen LogP contribution is -2.57. The molecule has 3 N–H and O–H groups in total. The number of aromatic nitrogens is 2. The number of ether oxygens (including phenoxy) is 3. The number of benzene rings is 1. The molecule has 1 unspecified atom stereocenters. The van der Waals surface area contributed by atoms with Gasteiger partial charge in [0.2, 0.25) is 27.7 Å². The van der Waals surface area contributed by atoms with Gasteiger partial charge >= 0.3 is 0 Å². The monoisotopic (exact) mass is 865 g/mol. The van der Waals surface area contributed by atoms with Crippen LogP contribution >= 0.6 is 11.3 Å². The Kier molecular flexibility index (Phi) is 12.2. The first-order valence-electron chi connectivity index (χ1n) is 20.5. The molecular weight excluding hydrogens is 811 g/mol. The molecule has 2 aliphatic carbocycles. The molecule has 4 aliphatic rings. The van der Waals surface area contributed by atoms with Gasteiger partial charge in [0.15, 0.2) is 5.13 Å². The summed E-state index contributed by atoms with van der Waals surface area (Å²) >= 11 is 1.45. The Balaban J connectivity index is 1.21. The van der Waals surface area contributed by atoms with Crippen molar-refractivity contribution in [3.8, 4) is 22.9 Å². The minimum atomic E-state index is -3.92. The zero-order valence-corrected chi connectivity index (χ0v) is 36.6. The third-order valence-electron chi connectivity index (χ3n) is 11.6. The Labute approximate surface area is 354 Å². The van der Waals surface area contributed by atoms with Gasteiger partial charge in [-0.25, -0.2) is 18.4 Å². The number of carbonyl (C=O) groups excluding carboxylic acids is 4. The number of methoxy groups -OCH3 is 1. The molecule has 0 spiro atoms. The predicted molar refractivity (Wildman–Crippen MR) is 227 cm³/mol. The van der Waals surface area contributed by atoms with Crippen molar-refractivity contribution in [3.05, 3.63) is 42.3 Å². The van der Waals surface area contributed by atoms with Crippen LogP contribution in [0.3, 0.4) is 0 Å². The van der Waals surface area contributed by atoms with Gasteiger partial charge in [-0.05, 0) is 50.7 Å². The molecule has 2 aromatic heterocycles. The summed E-state index contributed by atoms with van der Waals surface area (Å²) in [5.41, 5.74) is -0.484. The summed E-state index contributed by atoms with van der Waals surface area (Å²) in [4.78, 5) is 69.6. The summed E-state index contributed by atoms with van der Waals surface area (Å²) in [7, 11) is -2.35. The largest absolute Gasteiger partial charge is 0.497 e. The lowest BCUT2D eigenvalue weighted by Gasteiger charge is -2.36. The number of fused-ring (bicyclic) bond motifs is 1. The highest BCUT2D eigenvalue weighted by Crippen LogP contribution is 2.46. The fourth-order valence-electron chi connectivity index (χ4n) is 7.89. The standard InChI is InChI=1S/C42H55N7O9S2/c1-8-25-21-42(25,39(53)47-60(54,55)28-10-11-28)46-37(51)34-18-27(22-49(34)38(52)30(41(4,5)6)19-36(50)48-13-15-57-16-14-48)58-35-20-32(33-23-59-40(45-33)43-24(2)3)44-31-17-26(56-7)9-12-29(31)35/h8-9,12,17,20,23-25,27-28,30,34H,1,10-11,13-16,18-19,21-22H2,2-7H3,(H,43,45)(H,46,51)(H,47,53)/t25-,27-,30?,34+,42-/m1/s1. The van der Waals surface area contributed by atoms with Crippen LogP contribution in [0.1, 0.15) is 66.7 Å². The molecule has 4 amide bonds. The number of carbonyl (C=O) groups is 4. The first-order valence-corrected chi connectivity index (χ1v) is 22.9. The topological polar surface area (TPSA) is 198 Å². The minimum absolute atomic E-state index is 0.0101. The molecule has 5 atom stereocenters. The van der Waals surface area contributed by atoms with Crippen LogP contribution in [0.15, 0.2) is 42.3 Å². The number of amides is 4. The highest BCUT2D eigenvalue weighted by Gasteiger charge is 2.62. The second kappa shape index (κ2) is 16.9. The molecule has 3 aromatic rings. The summed E-state index contributed by atoms with van der Waals surface area (Å²) in [6.45, 7) is 15.2. The molecular formula is C42H55N7O9S2. The lowest BCUT2D eigenvalue weighted by molar-refractivity contribution is -0.149. The Morgan fingerprint density at radius 2 is 1.83 bits per heavy atom. The van der Waals surface area contributed by atoms with Gasteiger partial charge in [-0.1, -0.05) is 26.8 Å². The van der Waals surface area contributed by atoms with E-state index in [9.17, 15) is 27.6 Å². The molecule has 4 heterocycles. The van der Waals surface area contributed by atoms with E-state index in [1.165, 1.54) is 22.3 Å². The van der Waals surface area contributed by atoms with Crippen LogP contribution in [0.25, 0.3) is 22.3 Å².